The summed E-state index contributed by atoms with van der Waals surface area (Å²) in [6.07, 6.45) is 4.04. The molecule has 1 atom stereocenters. The van der Waals surface area contributed by atoms with E-state index in [9.17, 15) is 0 Å². The van der Waals surface area contributed by atoms with Crippen molar-refractivity contribution < 1.29 is 0 Å². The van der Waals surface area contributed by atoms with Gasteiger partial charge >= 0.3 is 0 Å². The number of fused-ring (bicyclic) bond motifs is 1. The Kier molecular flexibility index (Phi) is 4.09. The van der Waals surface area contributed by atoms with Crippen LogP contribution < -0.4 is 5.32 Å². The smallest absolute Gasteiger partial charge is 0.0794 e. The monoisotopic (exact) mass is 282 g/mol. The third-order valence-corrected chi connectivity index (χ3v) is 4.44. The van der Waals surface area contributed by atoms with E-state index in [4.69, 9.17) is 0 Å². The summed E-state index contributed by atoms with van der Waals surface area (Å²) in [5.74, 6) is 0. The predicted molar refractivity (Wildman–Crippen MR) is 86.3 cm³/mol. The molecule has 1 unspecified atom stereocenters. The summed E-state index contributed by atoms with van der Waals surface area (Å²) < 4.78 is 0. The molecule has 102 valence electrons. The van der Waals surface area contributed by atoms with Gasteiger partial charge in [0, 0.05) is 17.1 Å². The lowest BCUT2D eigenvalue weighted by molar-refractivity contribution is 0.560. The summed E-state index contributed by atoms with van der Waals surface area (Å²) in [6, 6.07) is 15.7. The molecule has 0 aliphatic carbocycles. The van der Waals surface area contributed by atoms with Crippen LogP contribution >= 0.6 is 11.3 Å². The van der Waals surface area contributed by atoms with E-state index in [1.807, 2.05) is 18.8 Å². The lowest BCUT2D eigenvalue weighted by Crippen LogP contribution is -2.29. The Labute approximate surface area is 123 Å². The van der Waals surface area contributed by atoms with Gasteiger partial charge in [-0.15, -0.1) is 11.3 Å². The highest BCUT2D eigenvalue weighted by Crippen LogP contribution is 2.18. The second-order valence-corrected chi connectivity index (χ2v) is 6.01. The average molecular weight is 282 g/mol. The summed E-state index contributed by atoms with van der Waals surface area (Å²) in [5.41, 5.74) is 3.28. The molecule has 0 saturated carbocycles. The van der Waals surface area contributed by atoms with Crippen molar-refractivity contribution >= 4 is 22.1 Å². The second-order valence-electron chi connectivity index (χ2n) is 5.04. The van der Waals surface area contributed by atoms with Gasteiger partial charge in [-0.2, -0.15) is 0 Å². The number of likely N-dealkylation sites (N-methyl/N-ethyl adjacent to an activating group) is 1. The summed E-state index contributed by atoms with van der Waals surface area (Å²) in [6.45, 7) is 0. The second kappa shape index (κ2) is 6.16. The fraction of sp³-hybridized carbons (Fsp3) is 0.235. The molecule has 3 heteroatoms. The van der Waals surface area contributed by atoms with E-state index >= 15 is 0 Å². The molecule has 0 saturated heterocycles. The Bertz CT molecular complexity index is 676. The Morgan fingerprint density at radius 3 is 2.70 bits per heavy atom. The van der Waals surface area contributed by atoms with Crippen LogP contribution in [0, 0.1) is 0 Å². The van der Waals surface area contributed by atoms with E-state index in [1.165, 1.54) is 21.2 Å². The van der Waals surface area contributed by atoms with Gasteiger partial charge in [0.2, 0.25) is 0 Å². The molecule has 0 amide bonds. The molecule has 0 aliphatic heterocycles. The highest BCUT2D eigenvalue weighted by molar-refractivity contribution is 7.09. The molecule has 3 aromatic rings. The molecule has 0 spiro atoms. The van der Waals surface area contributed by atoms with Crippen molar-refractivity contribution in [3.63, 3.8) is 0 Å². The average Bonchev–Trinajstić information content (AvgIpc) is 2.99. The number of nitrogens with zero attached hydrogens (tertiary/aromatic N) is 1. The lowest BCUT2D eigenvalue weighted by atomic mass is 10.00. The number of thiazole rings is 1. The zero-order valence-corrected chi connectivity index (χ0v) is 12.4. The third kappa shape index (κ3) is 3.06. The van der Waals surface area contributed by atoms with Gasteiger partial charge in [-0.05, 0) is 36.2 Å². The zero-order chi connectivity index (χ0) is 13.8. The summed E-state index contributed by atoms with van der Waals surface area (Å²) in [4.78, 5) is 5.49. The van der Waals surface area contributed by atoms with Crippen molar-refractivity contribution in [3.8, 4) is 0 Å². The highest BCUT2D eigenvalue weighted by atomic mass is 32.1. The minimum Gasteiger partial charge on any atom is -0.316 e. The van der Waals surface area contributed by atoms with Gasteiger partial charge in [0.05, 0.1) is 5.51 Å². The molecule has 0 radical (unpaired) electrons. The first-order valence-corrected chi connectivity index (χ1v) is 7.75. The van der Waals surface area contributed by atoms with Crippen molar-refractivity contribution in [1.29, 1.82) is 0 Å². The number of hydrogen-bond acceptors (Lipinski definition) is 3. The predicted octanol–water partition coefficient (Wildman–Crippen LogP) is 3.67. The van der Waals surface area contributed by atoms with E-state index in [0.717, 1.165) is 12.8 Å². The van der Waals surface area contributed by atoms with Crippen LogP contribution in [-0.2, 0) is 12.8 Å². The summed E-state index contributed by atoms with van der Waals surface area (Å²) in [7, 11) is 2.03. The van der Waals surface area contributed by atoms with Crippen LogP contribution in [0.4, 0.5) is 0 Å². The number of benzene rings is 2. The molecule has 1 N–H and O–H groups in total. The minimum atomic E-state index is 0.455. The van der Waals surface area contributed by atoms with Crippen molar-refractivity contribution in [2.45, 2.75) is 18.9 Å². The molecule has 1 heterocycles. The summed E-state index contributed by atoms with van der Waals surface area (Å²) >= 11 is 1.73. The molecule has 0 bridgehead atoms. The Morgan fingerprint density at radius 2 is 1.95 bits per heavy atom. The maximum atomic E-state index is 4.15. The van der Waals surface area contributed by atoms with E-state index in [2.05, 4.69) is 52.8 Å². The number of aromatic nitrogens is 1. The van der Waals surface area contributed by atoms with Crippen LogP contribution in [0.2, 0.25) is 0 Å². The quantitative estimate of drug-likeness (QED) is 0.772. The Balaban J connectivity index is 1.76. The van der Waals surface area contributed by atoms with Gasteiger partial charge in [-0.1, -0.05) is 42.5 Å². The number of rotatable bonds is 5. The van der Waals surface area contributed by atoms with Gasteiger partial charge in [0.15, 0.2) is 0 Å². The molecule has 2 aromatic carbocycles. The zero-order valence-electron chi connectivity index (χ0n) is 11.5. The first-order valence-electron chi connectivity index (χ1n) is 6.87. The molecule has 0 fully saturated rings. The lowest BCUT2D eigenvalue weighted by Gasteiger charge is -2.15. The number of hydrogen-bond donors (Lipinski definition) is 1. The van der Waals surface area contributed by atoms with Gasteiger partial charge in [0.1, 0.15) is 0 Å². The SMILES string of the molecule is CNC(Cc1ccc2ccccc2c1)Cc1cncs1. The van der Waals surface area contributed by atoms with Crippen LogP contribution in [0.5, 0.6) is 0 Å². The van der Waals surface area contributed by atoms with Crippen molar-refractivity contribution in [1.82, 2.24) is 10.3 Å². The van der Waals surface area contributed by atoms with Crippen molar-refractivity contribution in [2.75, 3.05) is 7.05 Å². The Hall–Kier alpha value is -1.71. The van der Waals surface area contributed by atoms with Gasteiger partial charge < -0.3 is 5.32 Å². The van der Waals surface area contributed by atoms with Gasteiger partial charge in [0.25, 0.3) is 0 Å². The molecular formula is C17H18N2S. The number of nitrogens with one attached hydrogen (secondary N) is 1. The van der Waals surface area contributed by atoms with Crippen LogP contribution in [0.3, 0.4) is 0 Å². The maximum Gasteiger partial charge on any atom is 0.0794 e. The molecule has 20 heavy (non-hydrogen) atoms. The fourth-order valence-corrected chi connectivity index (χ4v) is 3.19. The topological polar surface area (TPSA) is 24.9 Å². The fourth-order valence-electron chi connectivity index (χ4n) is 2.51. The van der Waals surface area contributed by atoms with E-state index in [1.54, 1.807) is 11.3 Å². The van der Waals surface area contributed by atoms with Crippen LogP contribution in [0.1, 0.15) is 10.4 Å². The molecule has 2 nitrogen and oxygen atoms in total. The largest absolute Gasteiger partial charge is 0.316 e. The maximum absolute atomic E-state index is 4.15. The van der Waals surface area contributed by atoms with Gasteiger partial charge in [-0.3, -0.25) is 4.98 Å². The van der Waals surface area contributed by atoms with Crippen LogP contribution in [0.25, 0.3) is 10.8 Å². The normalized spacial score (nSPS) is 12.7. The Morgan fingerprint density at radius 1 is 1.10 bits per heavy atom. The van der Waals surface area contributed by atoms with Crippen LogP contribution in [0.15, 0.2) is 54.2 Å². The summed E-state index contributed by atoms with van der Waals surface area (Å²) in [5, 5.41) is 6.04. The molecule has 3 rings (SSSR count). The minimum absolute atomic E-state index is 0.455. The molecule has 1 aromatic heterocycles. The standard InChI is InChI=1S/C17H18N2S/c1-18-16(10-17-11-19-12-20-17)9-13-6-7-14-4-2-3-5-15(14)8-13/h2-8,11-12,16,18H,9-10H2,1H3. The molecular weight excluding hydrogens is 264 g/mol. The van der Waals surface area contributed by atoms with E-state index in [0.29, 0.717) is 6.04 Å². The first kappa shape index (κ1) is 13.3. The molecule has 0 aliphatic rings. The van der Waals surface area contributed by atoms with Crippen LogP contribution in [-0.4, -0.2) is 18.1 Å². The van der Waals surface area contributed by atoms with Crippen molar-refractivity contribution in [3.05, 3.63) is 64.6 Å². The van der Waals surface area contributed by atoms with Gasteiger partial charge in [-0.25, -0.2) is 0 Å². The third-order valence-electron chi connectivity index (χ3n) is 3.64. The first-order chi connectivity index (χ1) is 9.85. The highest BCUT2D eigenvalue weighted by Gasteiger charge is 2.09. The van der Waals surface area contributed by atoms with E-state index < -0.39 is 0 Å². The van der Waals surface area contributed by atoms with E-state index in [-0.39, 0.29) is 0 Å². The van der Waals surface area contributed by atoms with Crippen molar-refractivity contribution in [2.24, 2.45) is 0 Å².